The van der Waals surface area contributed by atoms with Gasteiger partial charge in [-0.1, -0.05) is 19.8 Å². The highest BCUT2D eigenvalue weighted by molar-refractivity contribution is 5.59. The molecule has 0 bridgehead atoms. The molecule has 1 aromatic rings. The number of ether oxygens (including phenoxy) is 1. The average molecular weight is 276 g/mol. The molecular formula is C17H28N2O. The fraction of sp³-hybridized carbons (Fsp3) is 0.647. The van der Waals surface area contributed by atoms with Crippen LogP contribution in [0.1, 0.15) is 52.4 Å². The van der Waals surface area contributed by atoms with Crippen molar-refractivity contribution in [2.75, 3.05) is 17.7 Å². The lowest BCUT2D eigenvalue weighted by atomic mass is 9.83. The molecule has 1 aromatic carbocycles. The maximum absolute atomic E-state index is 5.94. The summed E-state index contributed by atoms with van der Waals surface area (Å²) in [6, 6.07) is 6.52. The Morgan fingerprint density at radius 1 is 1.15 bits per heavy atom. The van der Waals surface area contributed by atoms with E-state index in [1.54, 1.807) is 0 Å². The van der Waals surface area contributed by atoms with Gasteiger partial charge in [0, 0.05) is 29.5 Å². The van der Waals surface area contributed by atoms with Crippen molar-refractivity contribution in [2.45, 2.75) is 58.4 Å². The number of benzene rings is 1. The van der Waals surface area contributed by atoms with Gasteiger partial charge in [0.15, 0.2) is 0 Å². The summed E-state index contributed by atoms with van der Waals surface area (Å²) in [5.41, 5.74) is 7.79. The molecule has 3 heteroatoms. The van der Waals surface area contributed by atoms with Crippen molar-refractivity contribution in [1.29, 1.82) is 0 Å². The predicted molar refractivity (Wildman–Crippen MR) is 86.3 cm³/mol. The summed E-state index contributed by atoms with van der Waals surface area (Å²) < 4.78 is 5.55. The monoisotopic (exact) mass is 276 g/mol. The Labute approximate surface area is 122 Å². The van der Waals surface area contributed by atoms with Crippen LogP contribution in [-0.4, -0.2) is 12.6 Å². The first-order valence-electron chi connectivity index (χ1n) is 8.01. The topological polar surface area (TPSA) is 47.3 Å². The van der Waals surface area contributed by atoms with Crippen LogP contribution in [0.25, 0.3) is 0 Å². The summed E-state index contributed by atoms with van der Waals surface area (Å²) in [5, 5.41) is 3.62. The van der Waals surface area contributed by atoms with Crippen LogP contribution in [-0.2, 0) is 0 Å². The smallest absolute Gasteiger partial charge is 0.123 e. The van der Waals surface area contributed by atoms with Gasteiger partial charge in [-0.25, -0.2) is 0 Å². The minimum absolute atomic E-state index is 0.583. The molecule has 1 fully saturated rings. The molecule has 0 spiro atoms. The molecule has 0 unspecified atom stereocenters. The van der Waals surface area contributed by atoms with Crippen molar-refractivity contribution in [2.24, 2.45) is 5.92 Å². The maximum atomic E-state index is 5.94. The van der Waals surface area contributed by atoms with Crippen LogP contribution in [0.15, 0.2) is 18.2 Å². The van der Waals surface area contributed by atoms with Crippen LogP contribution < -0.4 is 15.8 Å². The second-order valence-corrected chi connectivity index (χ2v) is 5.87. The second kappa shape index (κ2) is 7.41. The zero-order chi connectivity index (χ0) is 14.4. The Bertz CT molecular complexity index is 411. The van der Waals surface area contributed by atoms with Gasteiger partial charge in [0.2, 0.25) is 0 Å². The molecule has 0 radical (unpaired) electrons. The molecule has 1 aliphatic rings. The number of nitrogens with two attached hydrogens (primary N) is 1. The summed E-state index contributed by atoms with van der Waals surface area (Å²) in [6.07, 6.45) is 7.94. The molecule has 3 nitrogen and oxygen atoms in total. The molecule has 0 heterocycles. The molecule has 1 aliphatic carbocycles. The lowest BCUT2D eigenvalue weighted by Gasteiger charge is -2.29. The van der Waals surface area contributed by atoms with Crippen LogP contribution in [0.2, 0.25) is 0 Å². The number of hydrogen-bond acceptors (Lipinski definition) is 3. The van der Waals surface area contributed by atoms with Crippen LogP contribution >= 0.6 is 0 Å². The first-order valence-corrected chi connectivity index (χ1v) is 8.01. The van der Waals surface area contributed by atoms with Gasteiger partial charge in [-0.3, -0.25) is 0 Å². The zero-order valence-electron chi connectivity index (χ0n) is 12.8. The summed E-state index contributed by atoms with van der Waals surface area (Å²) in [6.45, 7) is 4.95. The van der Waals surface area contributed by atoms with E-state index in [0.717, 1.165) is 23.0 Å². The number of nitrogens with one attached hydrogen (secondary N) is 1. The highest BCUT2D eigenvalue weighted by atomic mass is 16.5. The number of hydrogen-bond donors (Lipinski definition) is 2. The van der Waals surface area contributed by atoms with Gasteiger partial charge in [-0.2, -0.15) is 0 Å². The van der Waals surface area contributed by atoms with Crippen LogP contribution in [0.5, 0.6) is 5.75 Å². The molecule has 0 amide bonds. The normalized spacial score (nSPS) is 22.5. The number of nitrogen functional groups attached to an aromatic ring is 1. The van der Waals surface area contributed by atoms with E-state index < -0.39 is 0 Å². The number of rotatable bonds is 6. The molecule has 0 aliphatic heterocycles. The van der Waals surface area contributed by atoms with Crippen molar-refractivity contribution in [3.8, 4) is 5.75 Å². The van der Waals surface area contributed by atoms with E-state index >= 15 is 0 Å². The molecule has 1 saturated carbocycles. The van der Waals surface area contributed by atoms with Gasteiger partial charge in [0.1, 0.15) is 5.75 Å². The van der Waals surface area contributed by atoms with Gasteiger partial charge in [-0.05, 0) is 44.6 Å². The van der Waals surface area contributed by atoms with E-state index in [1.807, 2.05) is 19.1 Å². The molecular weight excluding hydrogens is 248 g/mol. The quantitative estimate of drug-likeness (QED) is 0.755. The molecule has 0 aromatic heterocycles. The molecule has 2 rings (SSSR count). The van der Waals surface area contributed by atoms with E-state index in [-0.39, 0.29) is 0 Å². The lowest BCUT2D eigenvalue weighted by Crippen LogP contribution is -2.26. The van der Waals surface area contributed by atoms with Gasteiger partial charge >= 0.3 is 0 Å². The van der Waals surface area contributed by atoms with E-state index in [9.17, 15) is 0 Å². The summed E-state index contributed by atoms with van der Waals surface area (Å²) in [7, 11) is 0. The van der Waals surface area contributed by atoms with Gasteiger partial charge in [-0.15, -0.1) is 0 Å². The third kappa shape index (κ3) is 4.32. The predicted octanol–water partition coefficient (Wildman–Crippen LogP) is 4.44. The van der Waals surface area contributed by atoms with Crippen molar-refractivity contribution < 1.29 is 4.74 Å². The number of anilines is 2. The van der Waals surface area contributed by atoms with E-state index in [1.165, 1.54) is 38.5 Å². The molecule has 0 atom stereocenters. The lowest BCUT2D eigenvalue weighted by molar-refractivity contribution is 0.318. The fourth-order valence-electron chi connectivity index (χ4n) is 3.19. The van der Waals surface area contributed by atoms with Crippen molar-refractivity contribution in [3.63, 3.8) is 0 Å². The standard InChI is InChI=1S/C17H28N2O/c1-3-5-13-6-8-15(9-7-13)19-16-10-14(18)11-17(12-16)20-4-2/h10-13,15,19H,3-9,18H2,1-2H3. The van der Waals surface area contributed by atoms with Gasteiger partial charge < -0.3 is 15.8 Å². The fourth-order valence-corrected chi connectivity index (χ4v) is 3.19. The SMILES string of the molecule is CCCC1CCC(Nc2cc(N)cc(OCC)c2)CC1. The Morgan fingerprint density at radius 3 is 2.55 bits per heavy atom. The minimum atomic E-state index is 0.583. The summed E-state index contributed by atoms with van der Waals surface area (Å²) >= 11 is 0. The highest BCUT2D eigenvalue weighted by Crippen LogP contribution is 2.31. The van der Waals surface area contributed by atoms with E-state index in [2.05, 4.69) is 18.3 Å². The first-order chi connectivity index (χ1) is 9.71. The van der Waals surface area contributed by atoms with Crippen LogP contribution in [0.3, 0.4) is 0 Å². The van der Waals surface area contributed by atoms with Crippen LogP contribution in [0.4, 0.5) is 11.4 Å². The average Bonchev–Trinajstić information content (AvgIpc) is 2.41. The molecule has 0 saturated heterocycles. The molecule has 112 valence electrons. The van der Waals surface area contributed by atoms with Gasteiger partial charge in [0.25, 0.3) is 0 Å². The van der Waals surface area contributed by atoms with Crippen LogP contribution in [0, 0.1) is 5.92 Å². The van der Waals surface area contributed by atoms with E-state index in [4.69, 9.17) is 10.5 Å². The summed E-state index contributed by atoms with van der Waals surface area (Å²) in [5.74, 6) is 1.80. The Kier molecular flexibility index (Phi) is 5.57. The van der Waals surface area contributed by atoms with Crippen molar-refractivity contribution in [1.82, 2.24) is 0 Å². The third-order valence-corrected chi connectivity index (χ3v) is 4.15. The van der Waals surface area contributed by atoms with Gasteiger partial charge in [0.05, 0.1) is 6.61 Å². The summed E-state index contributed by atoms with van der Waals surface area (Å²) in [4.78, 5) is 0. The molecule has 20 heavy (non-hydrogen) atoms. The zero-order valence-corrected chi connectivity index (χ0v) is 12.8. The third-order valence-electron chi connectivity index (χ3n) is 4.15. The molecule has 3 N–H and O–H groups in total. The minimum Gasteiger partial charge on any atom is -0.494 e. The Morgan fingerprint density at radius 2 is 1.90 bits per heavy atom. The van der Waals surface area contributed by atoms with E-state index in [0.29, 0.717) is 12.6 Å². The maximum Gasteiger partial charge on any atom is 0.123 e. The van der Waals surface area contributed by atoms with Crippen molar-refractivity contribution >= 4 is 11.4 Å². The highest BCUT2D eigenvalue weighted by Gasteiger charge is 2.20. The first kappa shape index (κ1) is 15.0. The largest absolute Gasteiger partial charge is 0.494 e. The Hall–Kier alpha value is -1.38. The Balaban J connectivity index is 1.90. The van der Waals surface area contributed by atoms with Crippen molar-refractivity contribution in [3.05, 3.63) is 18.2 Å². The second-order valence-electron chi connectivity index (χ2n) is 5.87.